The number of nitrogens with two attached hydrogens (primary N) is 1. The van der Waals surface area contributed by atoms with Gasteiger partial charge in [-0.05, 0) is 42.3 Å². The Morgan fingerprint density at radius 3 is 2.24 bits per heavy atom. The minimum atomic E-state index is -4.41. The fourth-order valence-electron chi connectivity index (χ4n) is 2.12. The molecule has 0 spiro atoms. The molecule has 6 heteroatoms. The number of rotatable bonds is 2. The molecule has 0 heterocycles. The highest BCUT2D eigenvalue weighted by molar-refractivity contribution is 6.30. The molecule has 2 nitrogen and oxygen atoms in total. The molecule has 0 aliphatic carbocycles. The van der Waals surface area contributed by atoms with Gasteiger partial charge in [-0.15, -0.1) is 0 Å². The minimum absolute atomic E-state index is 0.286. The summed E-state index contributed by atoms with van der Waals surface area (Å²) < 4.78 is 37.9. The highest BCUT2D eigenvalue weighted by atomic mass is 35.5. The highest BCUT2D eigenvalue weighted by Gasteiger charge is 2.31. The molecule has 0 radical (unpaired) electrons. The number of nitrogen functional groups attached to an aromatic ring is 1. The second-order valence-electron chi connectivity index (χ2n) is 4.74. The number of anilines is 1. The zero-order valence-electron chi connectivity index (χ0n) is 11.1. The van der Waals surface area contributed by atoms with Crippen LogP contribution in [0.3, 0.4) is 0 Å². The average molecular weight is 316 g/mol. The molecule has 1 unspecified atom stereocenters. The maximum absolute atomic E-state index is 12.6. The number of aliphatic hydroxyl groups excluding tert-OH is 1. The molecule has 0 amide bonds. The Kier molecular flexibility index (Phi) is 4.16. The van der Waals surface area contributed by atoms with Gasteiger partial charge in [-0.2, -0.15) is 13.2 Å². The summed E-state index contributed by atoms with van der Waals surface area (Å²) in [6.45, 7) is 1.51. The molecule has 0 aromatic heterocycles. The molecular weight excluding hydrogens is 303 g/mol. The van der Waals surface area contributed by atoms with E-state index in [2.05, 4.69) is 0 Å². The summed E-state index contributed by atoms with van der Waals surface area (Å²) in [5.41, 5.74) is 6.44. The standard InChI is InChI=1S/C15H13ClF3NO/c1-8-6-9(15(17,18)19)2-4-11(8)14(21)12-5-3-10(16)7-13(12)20/h2-7,14,21H,20H2,1H3. The van der Waals surface area contributed by atoms with Gasteiger partial charge in [-0.1, -0.05) is 23.7 Å². The molecule has 21 heavy (non-hydrogen) atoms. The summed E-state index contributed by atoms with van der Waals surface area (Å²) in [7, 11) is 0. The maximum atomic E-state index is 12.6. The first kappa shape index (κ1) is 15.7. The van der Waals surface area contributed by atoms with Gasteiger partial charge in [0.05, 0.1) is 5.56 Å². The lowest BCUT2D eigenvalue weighted by atomic mass is 9.95. The lowest BCUT2D eigenvalue weighted by Crippen LogP contribution is -2.09. The average Bonchev–Trinajstić information content (AvgIpc) is 2.36. The van der Waals surface area contributed by atoms with E-state index < -0.39 is 17.8 Å². The zero-order valence-corrected chi connectivity index (χ0v) is 11.8. The van der Waals surface area contributed by atoms with Crippen molar-refractivity contribution >= 4 is 17.3 Å². The molecule has 2 aromatic carbocycles. The number of halogens is 4. The maximum Gasteiger partial charge on any atom is 0.416 e. The summed E-state index contributed by atoms with van der Waals surface area (Å²) in [5, 5.41) is 10.8. The van der Waals surface area contributed by atoms with Gasteiger partial charge in [0.25, 0.3) is 0 Å². The molecule has 0 bridgehead atoms. The summed E-state index contributed by atoms with van der Waals surface area (Å²) in [6.07, 6.45) is -5.52. The van der Waals surface area contributed by atoms with Crippen molar-refractivity contribution in [2.24, 2.45) is 0 Å². The summed E-state index contributed by atoms with van der Waals surface area (Å²) in [5.74, 6) is 0. The fourth-order valence-corrected chi connectivity index (χ4v) is 2.30. The van der Waals surface area contributed by atoms with Crippen molar-refractivity contribution < 1.29 is 18.3 Å². The second-order valence-corrected chi connectivity index (χ2v) is 5.18. The largest absolute Gasteiger partial charge is 0.416 e. The quantitative estimate of drug-likeness (QED) is 0.810. The Hall–Kier alpha value is -1.72. The third-order valence-corrected chi connectivity index (χ3v) is 3.47. The van der Waals surface area contributed by atoms with Gasteiger partial charge in [-0.25, -0.2) is 0 Å². The van der Waals surface area contributed by atoms with Crippen LogP contribution in [0.25, 0.3) is 0 Å². The van der Waals surface area contributed by atoms with E-state index in [4.69, 9.17) is 17.3 Å². The van der Waals surface area contributed by atoms with Gasteiger partial charge in [0.1, 0.15) is 6.10 Å². The molecule has 3 N–H and O–H groups in total. The number of aryl methyl sites for hydroxylation is 1. The Labute approximate surface area is 125 Å². The van der Waals surface area contributed by atoms with E-state index in [0.717, 1.165) is 12.1 Å². The van der Waals surface area contributed by atoms with E-state index in [1.54, 1.807) is 12.1 Å². The Bertz CT molecular complexity index is 670. The first-order valence-electron chi connectivity index (χ1n) is 6.11. The molecule has 0 fully saturated rings. The number of hydrogen-bond donors (Lipinski definition) is 2. The predicted molar refractivity (Wildman–Crippen MR) is 76.1 cm³/mol. The van der Waals surface area contributed by atoms with Gasteiger partial charge in [0.15, 0.2) is 0 Å². The van der Waals surface area contributed by atoms with Crippen LogP contribution in [-0.4, -0.2) is 5.11 Å². The van der Waals surface area contributed by atoms with Gasteiger partial charge in [0.2, 0.25) is 0 Å². The van der Waals surface area contributed by atoms with Gasteiger partial charge >= 0.3 is 6.18 Å². The second kappa shape index (κ2) is 5.58. The van der Waals surface area contributed by atoms with Crippen molar-refractivity contribution in [2.45, 2.75) is 19.2 Å². The van der Waals surface area contributed by atoms with Crippen molar-refractivity contribution in [1.29, 1.82) is 0 Å². The summed E-state index contributed by atoms with van der Waals surface area (Å²) >= 11 is 5.78. The normalized spacial score (nSPS) is 13.2. The third kappa shape index (κ3) is 3.31. The van der Waals surface area contributed by atoms with Gasteiger partial charge in [0, 0.05) is 16.3 Å². The smallest absolute Gasteiger partial charge is 0.398 e. The highest BCUT2D eigenvalue weighted by Crippen LogP contribution is 2.34. The molecule has 1 atom stereocenters. The zero-order chi connectivity index (χ0) is 15.8. The Balaban J connectivity index is 2.42. The summed E-state index contributed by atoms with van der Waals surface area (Å²) in [4.78, 5) is 0. The van der Waals surface area contributed by atoms with Crippen LogP contribution in [0.2, 0.25) is 5.02 Å². The van der Waals surface area contributed by atoms with Gasteiger partial charge < -0.3 is 10.8 Å². The van der Waals surface area contributed by atoms with Crippen molar-refractivity contribution in [3.63, 3.8) is 0 Å². The minimum Gasteiger partial charge on any atom is -0.398 e. The van der Waals surface area contributed by atoms with E-state index >= 15 is 0 Å². The van der Waals surface area contributed by atoms with E-state index in [1.807, 2.05) is 0 Å². The van der Waals surface area contributed by atoms with Crippen molar-refractivity contribution in [1.82, 2.24) is 0 Å². The first-order chi connectivity index (χ1) is 9.70. The number of benzene rings is 2. The molecule has 0 saturated heterocycles. The fraction of sp³-hybridized carbons (Fsp3) is 0.200. The first-order valence-corrected chi connectivity index (χ1v) is 6.48. The van der Waals surface area contributed by atoms with Crippen molar-refractivity contribution in [3.8, 4) is 0 Å². The lowest BCUT2D eigenvalue weighted by molar-refractivity contribution is -0.137. The number of alkyl halides is 3. The van der Waals surface area contributed by atoms with Crippen LogP contribution in [-0.2, 0) is 6.18 Å². The summed E-state index contributed by atoms with van der Waals surface area (Å²) in [6, 6.07) is 7.81. The van der Waals surface area contributed by atoms with Crippen LogP contribution in [0.1, 0.15) is 28.4 Å². The lowest BCUT2D eigenvalue weighted by Gasteiger charge is -2.18. The predicted octanol–water partition coefficient (Wildman–Crippen LogP) is 4.33. The van der Waals surface area contributed by atoms with Crippen LogP contribution in [0.5, 0.6) is 0 Å². The monoisotopic (exact) mass is 315 g/mol. The molecule has 112 valence electrons. The number of hydrogen-bond acceptors (Lipinski definition) is 2. The Morgan fingerprint density at radius 2 is 1.71 bits per heavy atom. The third-order valence-electron chi connectivity index (χ3n) is 3.24. The molecule has 2 aromatic rings. The topological polar surface area (TPSA) is 46.2 Å². The van der Waals surface area contributed by atoms with Crippen molar-refractivity contribution in [2.75, 3.05) is 5.73 Å². The van der Waals surface area contributed by atoms with Crippen molar-refractivity contribution in [3.05, 3.63) is 63.7 Å². The number of aliphatic hydroxyl groups is 1. The SMILES string of the molecule is Cc1cc(C(F)(F)F)ccc1C(O)c1ccc(Cl)cc1N. The van der Waals surface area contributed by atoms with Gasteiger partial charge in [-0.3, -0.25) is 0 Å². The van der Waals surface area contributed by atoms with E-state index in [0.29, 0.717) is 21.7 Å². The Morgan fingerprint density at radius 1 is 1.10 bits per heavy atom. The molecule has 0 saturated carbocycles. The molecule has 0 aliphatic rings. The molecule has 0 aliphatic heterocycles. The van der Waals surface area contributed by atoms with E-state index in [9.17, 15) is 18.3 Å². The van der Waals surface area contributed by atoms with E-state index in [1.165, 1.54) is 19.1 Å². The van der Waals surface area contributed by atoms with Crippen LogP contribution >= 0.6 is 11.6 Å². The van der Waals surface area contributed by atoms with Crippen LogP contribution in [0, 0.1) is 6.92 Å². The van der Waals surface area contributed by atoms with Crippen LogP contribution < -0.4 is 5.73 Å². The molecular formula is C15H13ClF3NO. The van der Waals surface area contributed by atoms with E-state index in [-0.39, 0.29) is 5.69 Å². The molecule has 2 rings (SSSR count). The van der Waals surface area contributed by atoms with Crippen LogP contribution in [0.4, 0.5) is 18.9 Å². The van der Waals surface area contributed by atoms with Crippen LogP contribution in [0.15, 0.2) is 36.4 Å².